The summed E-state index contributed by atoms with van der Waals surface area (Å²) in [6.07, 6.45) is 0.409. The Morgan fingerprint density at radius 2 is 2.14 bits per heavy atom. The van der Waals surface area contributed by atoms with Gasteiger partial charge in [-0.15, -0.1) is 0 Å². The maximum atomic E-state index is 11.1. The fourth-order valence-corrected chi connectivity index (χ4v) is 1.85. The number of carbonyl (C=O) groups is 2. The minimum Gasteiger partial charge on any atom is -0.476 e. The van der Waals surface area contributed by atoms with E-state index >= 15 is 0 Å². The first kappa shape index (κ1) is 14.9. The van der Waals surface area contributed by atoms with E-state index in [4.69, 9.17) is 21.5 Å². The second-order valence-corrected chi connectivity index (χ2v) is 4.66. The molecule has 8 nitrogen and oxygen atoms in total. The van der Waals surface area contributed by atoms with E-state index < -0.39 is 11.7 Å². The predicted molar refractivity (Wildman–Crippen MR) is 75.8 cm³/mol. The summed E-state index contributed by atoms with van der Waals surface area (Å²) in [5.74, 6) is -1.22. The zero-order valence-corrected chi connectivity index (χ0v) is 11.8. The predicted octanol–water partition coefficient (Wildman–Crippen LogP) is 1.63. The third-order valence-corrected chi connectivity index (χ3v) is 2.98. The van der Waals surface area contributed by atoms with Crippen LogP contribution in [0.25, 0.3) is 0 Å². The number of hydrogen-bond donors (Lipinski definition) is 2. The maximum Gasteiger partial charge on any atom is 0.362 e. The molecular weight excluding hydrogens is 320 g/mol. The van der Waals surface area contributed by atoms with Crippen LogP contribution in [0.1, 0.15) is 5.82 Å². The minimum absolute atomic E-state index is 0.153. The SMILES string of the molecule is O=CNc1nc(/C(=N/Oc2ccc(Cl)cc2)C(=O)O)ns1. The first-order chi connectivity index (χ1) is 10.1. The molecular formula is C11H7ClN4O4S. The molecule has 0 unspecified atom stereocenters. The van der Waals surface area contributed by atoms with E-state index in [1.165, 1.54) is 12.1 Å². The van der Waals surface area contributed by atoms with Gasteiger partial charge in [-0.3, -0.25) is 4.79 Å². The number of aromatic nitrogens is 2. The molecule has 1 aromatic carbocycles. The number of benzene rings is 1. The maximum absolute atomic E-state index is 11.1. The van der Waals surface area contributed by atoms with Gasteiger partial charge < -0.3 is 15.3 Å². The molecule has 0 aliphatic heterocycles. The number of nitrogens with one attached hydrogen (secondary N) is 1. The zero-order chi connectivity index (χ0) is 15.2. The van der Waals surface area contributed by atoms with Crippen molar-refractivity contribution in [3.8, 4) is 5.75 Å². The summed E-state index contributed by atoms with van der Waals surface area (Å²) in [6.45, 7) is 0. The largest absolute Gasteiger partial charge is 0.476 e. The number of nitrogens with zero attached hydrogens (tertiary/aromatic N) is 3. The highest BCUT2D eigenvalue weighted by molar-refractivity contribution is 7.10. The molecule has 10 heteroatoms. The Balaban J connectivity index is 2.21. The number of hydrogen-bond acceptors (Lipinski definition) is 7. The summed E-state index contributed by atoms with van der Waals surface area (Å²) in [5, 5.41) is 15.5. The standard InChI is InChI=1S/C11H7ClN4O4S/c12-6-1-3-7(4-2-6)20-15-8(10(18)19)9-14-11(13-5-17)21-16-9/h1-5H,(H,18,19)(H,13,14,16,17)/b15-8-. The third-order valence-electron chi connectivity index (χ3n) is 2.08. The molecule has 0 atom stereocenters. The number of amides is 1. The molecule has 0 aliphatic carbocycles. The molecule has 108 valence electrons. The second kappa shape index (κ2) is 6.77. The van der Waals surface area contributed by atoms with Crippen molar-refractivity contribution in [3.05, 3.63) is 35.1 Å². The monoisotopic (exact) mass is 326 g/mol. The summed E-state index contributed by atoms with van der Waals surface area (Å²) >= 11 is 6.54. The van der Waals surface area contributed by atoms with E-state index in [9.17, 15) is 9.59 Å². The lowest BCUT2D eigenvalue weighted by atomic mass is 10.3. The summed E-state index contributed by atoms with van der Waals surface area (Å²) in [4.78, 5) is 30.2. The molecule has 2 rings (SSSR count). The van der Waals surface area contributed by atoms with Crippen LogP contribution >= 0.6 is 23.1 Å². The Hall–Kier alpha value is -2.52. The van der Waals surface area contributed by atoms with Crippen LogP contribution < -0.4 is 10.2 Å². The van der Waals surface area contributed by atoms with E-state index in [1.807, 2.05) is 0 Å². The van der Waals surface area contributed by atoms with Crippen molar-refractivity contribution in [2.24, 2.45) is 5.16 Å². The summed E-state index contributed by atoms with van der Waals surface area (Å²) < 4.78 is 3.78. The van der Waals surface area contributed by atoms with Gasteiger partial charge >= 0.3 is 5.97 Å². The topological polar surface area (TPSA) is 114 Å². The highest BCUT2D eigenvalue weighted by Crippen LogP contribution is 2.16. The molecule has 0 fully saturated rings. The molecule has 21 heavy (non-hydrogen) atoms. The molecule has 0 spiro atoms. The van der Waals surface area contributed by atoms with Crippen LogP contribution in [-0.4, -0.2) is 32.6 Å². The Morgan fingerprint density at radius 1 is 1.43 bits per heavy atom. The first-order valence-corrected chi connectivity index (χ1v) is 6.53. The Bertz CT molecular complexity index is 686. The van der Waals surface area contributed by atoms with Crippen LogP contribution in [0.4, 0.5) is 5.13 Å². The lowest BCUT2D eigenvalue weighted by Crippen LogP contribution is -2.17. The van der Waals surface area contributed by atoms with Gasteiger partial charge in [0.2, 0.25) is 23.1 Å². The first-order valence-electron chi connectivity index (χ1n) is 5.38. The van der Waals surface area contributed by atoms with Gasteiger partial charge in [0.25, 0.3) is 0 Å². The van der Waals surface area contributed by atoms with Gasteiger partial charge in [0, 0.05) is 16.6 Å². The van der Waals surface area contributed by atoms with E-state index in [1.54, 1.807) is 12.1 Å². The van der Waals surface area contributed by atoms with Crippen LogP contribution in [0, 0.1) is 0 Å². The van der Waals surface area contributed by atoms with Crippen molar-refractivity contribution < 1.29 is 19.5 Å². The van der Waals surface area contributed by atoms with E-state index in [2.05, 4.69) is 19.8 Å². The third kappa shape index (κ3) is 3.97. The van der Waals surface area contributed by atoms with Crippen LogP contribution in [-0.2, 0) is 9.59 Å². The van der Waals surface area contributed by atoms with Crippen molar-refractivity contribution in [1.82, 2.24) is 9.36 Å². The smallest absolute Gasteiger partial charge is 0.362 e. The van der Waals surface area contributed by atoms with Gasteiger partial charge in [0.05, 0.1) is 0 Å². The fourth-order valence-electron chi connectivity index (χ4n) is 1.20. The highest BCUT2D eigenvalue weighted by Gasteiger charge is 2.19. The molecule has 0 bridgehead atoms. The molecule has 2 aromatic rings. The number of halogens is 1. The highest BCUT2D eigenvalue weighted by atomic mass is 35.5. The molecule has 1 amide bonds. The molecule has 0 radical (unpaired) electrons. The van der Waals surface area contributed by atoms with Gasteiger partial charge in [-0.25, -0.2) is 4.79 Å². The average Bonchev–Trinajstić information content (AvgIpc) is 2.89. The van der Waals surface area contributed by atoms with Crippen molar-refractivity contribution in [2.75, 3.05) is 5.32 Å². The lowest BCUT2D eigenvalue weighted by molar-refractivity contribution is -0.129. The normalized spacial score (nSPS) is 11.0. The van der Waals surface area contributed by atoms with Crippen molar-refractivity contribution in [3.63, 3.8) is 0 Å². The van der Waals surface area contributed by atoms with Crippen LogP contribution in [0.5, 0.6) is 5.75 Å². The van der Waals surface area contributed by atoms with Crippen LogP contribution in [0.15, 0.2) is 29.4 Å². The molecule has 0 aliphatic rings. The second-order valence-electron chi connectivity index (χ2n) is 3.48. The van der Waals surface area contributed by atoms with Crippen molar-refractivity contribution >= 4 is 46.4 Å². The van der Waals surface area contributed by atoms with E-state index in [0.29, 0.717) is 17.2 Å². The Labute approximate surface area is 127 Å². The Kier molecular flexibility index (Phi) is 4.80. The molecule has 1 heterocycles. The number of oxime groups is 1. The molecule has 1 aromatic heterocycles. The summed E-state index contributed by atoms with van der Waals surface area (Å²) in [6, 6.07) is 6.19. The summed E-state index contributed by atoms with van der Waals surface area (Å²) in [7, 11) is 0. The number of carbonyl (C=O) groups excluding carboxylic acids is 1. The number of carboxylic acid groups (broad SMARTS) is 1. The van der Waals surface area contributed by atoms with Crippen LogP contribution in [0.3, 0.4) is 0 Å². The molecule has 2 N–H and O–H groups in total. The lowest BCUT2D eigenvalue weighted by Gasteiger charge is -1.99. The number of anilines is 1. The van der Waals surface area contributed by atoms with Crippen molar-refractivity contribution in [2.45, 2.75) is 0 Å². The quantitative estimate of drug-likeness (QED) is 0.474. The van der Waals surface area contributed by atoms with Gasteiger partial charge in [0.1, 0.15) is 0 Å². The number of rotatable bonds is 6. The van der Waals surface area contributed by atoms with Gasteiger partial charge in [0.15, 0.2) is 5.75 Å². The minimum atomic E-state index is -1.36. The number of aliphatic carboxylic acids is 1. The Morgan fingerprint density at radius 3 is 2.76 bits per heavy atom. The zero-order valence-electron chi connectivity index (χ0n) is 10.2. The molecule has 0 saturated carbocycles. The fraction of sp³-hybridized carbons (Fsp3) is 0. The van der Waals surface area contributed by atoms with Crippen LogP contribution in [0.2, 0.25) is 5.02 Å². The van der Waals surface area contributed by atoms with Gasteiger partial charge in [-0.05, 0) is 24.3 Å². The van der Waals surface area contributed by atoms with E-state index in [0.717, 1.165) is 11.5 Å². The average molecular weight is 327 g/mol. The van der Waals surface area contributed by atoms with E-state index in [-0.39, 0.29) is 11.0 Å². The number of carboxylic acids is 1. The van der Waals surface area contributed by atoms with Gasteiger partial charge in [-0.1, -0.05) is 16.8 Å². The summed E-state index contributed by atoms with van der Waals surface area (Å²) in [5.41, 5.74) is -0.486. The van der Waals surface area contributed by atoms with Crippen molar-refractivity contribution in [1.29, 1.82) is 0 Å². The van der Waals surface area contributed by atoms with Gasteiger partial charge in [-0.2, -0.15) is 9.36 Å². The molecule has 0 saturated heterocycles.